The lowest BCUT2D eigenvalue weighted by molar-refractivity contribution is 0.103. The van der Waals surface area contributed by atoms with Crippen LogP contribution in [0, 0.1) is 6.92 Å². The Balaban J connectivity index is 1.94. The number of pyridine rings is 1. The summed E-state index contributed by atoms with van der Waals surface area (Å²) in [5.74, 6) is 0.228. The van der Waals surface area contributed by atoms with Gasteiger partial charge in [-0.1, -0.05) is 35.3 Å². The van der Waals surface area contributed by atoms with E-state index in [0.717, 1.165) is 15.6 Å². The number of carbonyl (C=O) groups is 1. The van der Waals surface area contributed by atoms with Crippen molar-refractivity contribution in [2.75, 3.05) is 5.32 Å². The van der Waals surface area contributed by atoms with Crippen molar-refractivity contribution in [3.8, 4) is 0 Å². The fraction of sp³-hybridized carbons (Fsp3) is 0.0667. The molecule has 0 fully saturated rings. The molecule has 0 aliphatic carbocycles. The van der Waals surface area contributed by atoms with Crippen LogP contribution in [-0.4, -0.2) is 10.9 Å². The van der Waals surface area contributed by atoms with Crippen molar-refractivity contribution in [3.63, 3.8) is 0 Å². The largest absolute Gasteiger partial charge is 0.306 e. The van der Waals surface area contributed by atoms with E-state index in [4.69, 9.17) is 23.2 Å². The number of fused-ring (bicyclic) bond motifs is 1. The molecule has 0 radical (unpaired) electrons. The zero-order valence-corrected chi connectivity index (χ0v) is 13.3. The lowest BCUT2D eigenvalue weighted by Crippen LogP contribution is -2.11. The van der Waals surface area contributed by atoms with Gasteiger partial charge in [-0.15, -0.1) is 11.3 Å². The Morgan fingerprint density at radius 2 is 2.05 bits per heavy atom. The molecule has 3 rings (SSSR count). The molecule has 0 aliphatic heterocycles. The third-order valence-electron chi connectivity index (χ3n) is 2.95. The predicted molar refractivity (Wildman–Crippen MR) is 88.8 cm³/mol. The number of aryl methyl sites for hydroxylation is 1. The number of carbonyl (C=O) groups excluding carboxylic acids is 1. The van der Waals surface area contributed by atoms with Crippen LogP contribution in [-0.2, 0) is 0 Å². The number of nitrogens with zero attached hydrogens (tertiary/aromatic N) is 1. The third-order valence-corrected chi connectivity index (χ3v) is 4.84. The van der Waals surface area contributed by atoms with Crippen molar-refractivity contribution in [1.82, 2.24) is 4.98 Å². The van der Waals surface area contributed by atoms with Gasteiger partial charge < -0.3 is 5.32 Å². The molecular formula is C15H10Cl2N2OS. The van der Waals surface area contributed by atoms with Crippen LogP contribution in [0.15, 0.2) is 36.5 Å². The number of hydrogen-bond donors (Lipinski definition) is 1. The first-order valence-electron chi connectivity index (χ1n) is 6.16. The molecule has 0 unspecified atom stereocenters. The van der Waals surface area contributed by atoms with Gasteiger partial charge in [-0.25, -0.2) is 4.98 Å². The van der Waals surface area contributed by atoms with E-state index in [1.54, 1.807) is 24.4 Å². The smallest absolute Gasteiger partial charge is 0.268 e. The Labute approximate surface area is 135 Å². The van der Waals surface area contributed by atoms with Gasteiger partial charge in [-0.2, -0.15) is 0 Å². The predicted octanol–water partition coefficient (Wildman–Crippen LogP) is 5.16. The summed E-state index contributed by atoms with van der Waals surface area (Å²) < 4.78 is 0.884. The molecule has 21 heavy (non-hydrogen) atoms. The molecule has 1 amide bonds. The summed E-state index contributed by atoms with van der Waals surface area (Å²) in [5, 5.41) is 4.63. The summed E-state index contributed by atoms with van der Waals surface area (Å²) in [6, 6.07) is 9.01. The molecule has 0 spiro atoms. The first-order valence-corrected chi connectivity index (χ1v) is 7.73. The number of rotatable bonds is 2. The molecule has 3 aromatic rings. The van der Waals surface area contributed by atoms with E-state index >= 15 is 0 Å². The molecule has 0 aliphatic rings. The fourth-order valence-corrected chi connectivity index (χ4v) is 3.59. The number of nitrogens with one attached hydrogen (secondary N) is 1. The van der Waals surface area contributed by atoms with Crippen LogP contribution in [0.1, 0.15) is 15.2 Å². The van der Waals surface area contributed by atoms with Crippen LogP contribution in [0.2, 0.25) is 10.0 Å². The lowest BCUT2D eigenvalue weighted by atomic mass is 10.2. The van der Waals surface area contributed by atoms with Gasteiger partial charge in [0.2, 0.25) is 0 Å². The van der Waals surface area contributed by atoms with Gasteiger partial charge in [0.05, 0.1) is 5.02 Å². The van der Waals surface area contributed by atoms with E-state index in [9.17, 15) is 4.79 Å². The number of halogens is 2. The zero-order valence-electron chi connectivity index (χ0n) is 11.0. The second kappa shape index (κ2) is 5.64. The highest BCUT2D eigenvalue weighted by atomic mass is 35.5. The van der Waals surface area contributed by atoms with E-state index in [0.29, 0.717) is 20.7 Å². The molecule has 3 nitrogen and oxygen atoms in total. The standard InChI is InChI=1S/C15H10Cl2N2OS/c1-8-2-5-12(18-7-8)19-15(20)14-13(17)10-4-3-9(16)6-11(10)21-14/h2-7H,1H3,(H,18,19,20). The minimum absolute atomic E-state index is 0.270. The van der Waals surface area contributed by atoms with Crippen molar-refractivity contribution < 1.29 is 4.79 Å². The highest BCUT2D eigenvalue weighted by Gasteiger charge is 2.17. The maximum absolute atomic E-state index is 12.3. The third kappa shape index (κ3) is 2.88. The fourth-order valence-electron chi connectivity index (χ4n) is 1.90. The summed E-state index contributed by atoms with van der Waals surface area (Å²) in [4.78, 5) is 16.9. The van der Waals surface area contributed by atoms with Crippen molar-refractivity contribution in [2.45, 2.75) is 6.92 Å². The summed E-state index contributed by atoms with van der Waals surface area (Å²) >= 11 is 13.6. The molecule has 2 heterocycles. The quantitative estimate of drug-likeness (QED) is 0.701. The van der Waals surface area contributed by atoms with Crippen molar-refractivity contribution in [2.24, 2.45) is 0 Å². The summed E-state index contributed by atoms with van der Waals surface area (Å²) in [5.41, 5.74) is 1.03. The number of hydrogen-bond acceptors (Lipinski definition) is 3. The van der Waals surface area contributed by atoms with Gasteiger partial charge in [0.25, 0.3) is 5.91 Å². The normalized spacial score (nSPS) is 10.8. The van der Waals surface area contributed by atoms with Gasteiger partial charge in [0, 0.05) is 21.3 Å². The Bertz CT molecular complexity index is 828. The SMILES string of the molecule is Cc1ccc(NC(=O)c2sc3cc(Cl)ccc3c2Cl)nc1. The van der Waals surface area contributed by atoms with Gasteiger partial charge in [-0.3, -0.25) is 4.79 Å². The Kier molecular flexibility index (Phi) is 3.85. The number of benzene rings is 1. The van der Waals surface area contributed by atoms with E-state index in [2.05, 4.69) is 10.3 Å². The highest BCUT2D eigenvalue weighted by Crippen LogP contribution is 2.36. The van der Waals surface area contributed by atoms with Crippen molar-refractivity contribution in [3.05, 3.63) is 57.0 Å². The zero-order chi connectivity index (χ0) is 15.0. The molecule has 0 saturated heterocycles. The maximum atomic E-state index is 12.3. The molecule has 106 valence electrons. The van der Waals surface area contributed by atoms with Crippen LogP contribution in [0.4, 0.5) is 5.82 Å². The first-order chi connectivity index (χ1) is 10.0. The molecule has 1 aromatic carbocycles. The Hall–Kier alpha value is -1.62. The van der Waals surface area contributed by atoms with E-state index in [-0.39, 0.29) is 5.91 Å². The molecule has 2 aromatic heterocycles. The second-order valence-electron chi connectivity index (χ2n) is 4.56. The average Bonchev–Trinajstić information content (AvgIpc) is 2.78. The Morgan fingerprint density at radius 1 is 1.24 bits per heavy atom. The van der Waals surface area contributed by atoms with Crippen LogP contribution in [0.3, 0.4) is 0 Å². The number of amides is 1. The average molecular weight is 337 g/mol. The summed E-state index contributed by atoms with van der Waals surface area (Å²) in [7, 11) is 0. The molecule has 0 atom stereocenters. The van der Waals surface area contributed by atoms with Crippen LogP contribution < -0.4 is 5.32 Å². The summed E-state index contributed by atoms with van der Waals surface area (Å²) in [6.07, 6.45) is 1.70. The number of anilines is 1. The second-order valence-corrected chi connectivity index (χ2v) is 6.43. The molecule has 6 heteroatoms. The lowest BCUT2D eigenvalue weighted by Gasteiger charge is -2.03. The van der Waals surface area contributed by atoms with Gasteiger partial charge >= 0.3 is 0 Å². The van der Waals surface area contributed by atoms with Crippen LogP contribution >= 0.6 is 34.5 Å². The topological polar surface area (TPSA) is 42.0 Å². The first kappa shape index (κ1) is 14.3. The van der Waals surface area contributed by atoms with E-state index < -0.39 is 0 Å². The summed E-state index contributed by atoms with van der Waals surface area (Å²) in [6.45, 7) is 1.94. The Morgan fingerprint density at radius 3 is 2.76 bits per heavy atom. The minimum atomic E-state index is -0.270. The molecule has 0 saturated carbocycles. The minimum Gasteiger partial charge on any atom is -0.306 e. The highest BCUT2D eigenvalue weighted by molar-refractivity contribution is 7.21. The van der Waals surface area contributed by atoms with Crippen molar-refractivity contribution in [1.29, 1.82) is 0 Å². The van der Waals surface area contributed by atoms with Crippen LogP contribution in [0.5, 0.6) is 0 Å². The molecular weight excluding hydrogens is 327 g/mol. The monoisotopic (exact) mass is 336 g/mol. The maximum Gasteiger partial charge on any atom is 0.268 e. The number of aromatic nitrogens is 1. The molecule has 1 N–H and O–H groups in total. The van der Waals surface area contributed by atoms with Crippen LogP contribution in [0.25, 0.3) is 10.1 Å². The number of thiophene rings is 1. The van der Waals surface area contributed by atoms with Gasteiger partial charge in [-0.05, 0) is 30.7 Å². The van der Waals surface area contributed by atoms with E-state index in [1.165, 1.54) is 11.3 Å². The van der Waals surface area contributed by atoms with Gasteiger partial charge in [0.15, 0.2) is 0 Å². The van der Waals surface area contributed by atoms with E-state index in [1.807, 2.05) is 19.1 Å². The van der Waals surface area contributed by atoms with Gasteiger partial charge in [0.1, 0.15) is 10.7 Å². The molecule has 0 bridgehead atoms. The van der Waals surface area contributed by atoms with Crippen molar-refractivity contribution >= 4 is 56.3 Å².